The number of carbonyl (C=O) groups excluding carboxylic acids is 1. The molecule has 0 unspecified atom stereocenters. The van der Waals surface area contributed by atoms with E-state index >= 15 is 0 Å². The average molecular weight is 228 g/mol. The van der Waals surface area contributed by atoms with Gasteiger partial charge in [-0.25, -0.2) is 9.78 Å². The van der Waals surface area contributed by atoms with Crippen molar-refractivity contribution in [1.29, 1.82) is 0 Å². The maximum absolute atomic E-state index is 11.4. The highest BCUT2D eigenvalue weighted by Gasteiger charge is 2.17. The minimum atomic E-state index is -0.474. The Morgan fingerprint density at radius 2 is 2.00 bits per heavy atom. The van der Waals surface area contributed by atoms with Crippen molar-refractivity contribution in [3.63, 3.8) is 0 Å². The van der Waals surface area contributed by atoms with E-state index in [9.17, 15) is 4.79 Å². The van der Waals surface area contributed by atoms with Crippen LogP contribution >= 0.6 is 11.3 Å². The molecule has 1 amide bonds. The number of hydrogen-bond acceptors (Lipinski definition) is 4. The van der Waals surface area contributed by atoms with Gasteiger partial charge in [0.2, 0.25) is 0 Å². The summed E-state index contributed by atoms with van der Waals surface area (Å²) in [6, 6.07) is 0. The highest BCUT2D eigenvalue weighted by atomic mass is 32.1. The first-order valence-corrected chi connectivity index (χ1v) is 5.53. The molecule has 1 heterocycles. The average Bonchev–Trinajstić information content (AvgIpc) is 2.25. The largest absolute Gasteiger partial charge is 0.444 e. The van der Waals surface area contributed by atoms with Crippen molar-refractivity contribution in [2.45, 2.75) is 40.2 Å². The number of ether oxygens (including phenoxy) is 1. The van der Waals surface area contributed by atoms with Crippen molar-refractivity contribution >= 4 is 22.4 Å². The topological polar surface area (TPSA) is 51.2 Å². The number of nitrogens with zero attached hydrogens (tertiary/aromatic N) is 1. The maximum atomic E-state index is 11.4. The van der Waals surface area contributed by atoms with Crippen molar-refractivity contribution in [3.05, 3.63) is 10.7 Å². The van der Waals surface area contributed by atoms with E-state index in [0.717, 1.165) is 15.7 Å². The molecule has 5 heteroatoms. The van der Waals surface area contributed by atoms with Gasteiger partial charge in [0.25, 0.3) is 0 Å². The molecule has 0 bridgehead atoms. The van der Waals surface area contributed by atoms with Gasteiger partial charge in [-0.05, 0) is 34.6 Å². The summed E-state index contributed by atoms with van der Waals surface area (Å²) in [6.45, 7) is 9.25. The van der Waals surface area contributed by atoms with Gasteiger partial charge >= 0.3 is 6.09 Å². The summed E-state index contributed by atoms with van der Waals surface area (Å²) in [5, 5.41) is 4.36. The molecule has 0 aromatic carbocycles. The van der Waals surface area contributed by atoms with E-state index in [2.05, 4.69) is 10.3 Å². The fourth-order valence-electron chi connectivity index (χ4n) is 1.04. The normalized spacial score (nSPS) is 11.3. The zero-order valence-corrected chi connectivity index (χ0v) is 10.5. The molecule has 15 heavy (non-hydrogen) atoms. The highest BCUT2D eigenvalue weighted by Crippen LogP contribution is 2.23. The first-order chi connectivity index (χ1) is 6.78. The van der Waals surface area contributed by atoms with Crippen LogP contribution < -0.4 is 5.32 Å². The Morgan fingerprint density at radius 3 is 2.40 bits per heavy atom. The lowest BCUT2D eigenvalue weighted by Crippen LogP contribution is -2.27. The van der Waals surface area contributed by atoms with Gasteiger partial charge in [-0.3, -0.25) is 5.32 Å². The molecule has 4 nitrogen and oxygen atoms in total. The number of rotatable bonds is 1. The van der Waals surface area contributed by atoms with E-state index in [1.54, 1.807) is 0 Å². The van der Waals surface area contributed by atoms with Gasteiger partial charge in [0.05, 0.1) is 10.7 Å². The van der Waals surface area contributed by atoms with E-state index in [0.29, 0.717) is 0 Å². The quantitative estimate of drug-likeness (QED) is 0.803. The van der Waals surface area contributed by atoms with Crippen molar-refractivity contribution in [1.82, 2.24) is 4.98 Å². The number of thiazole rings is 1. The van der Waals surface area contributed by atoms with Crippen LogP contribution in [0.2, 0.25) is 0 Å². The fourth-order valence-corrected chi connectivity index (χ4v) is 1.85. The third kappa shape index (κ3) is 3.87. The molecule has 1 rings (SSSR count). The molecule has 84 valence electrons. The van der Waals surface area contributed by atoms with Crippen LogP contribution in [0.4, 0.5) is 9.80 Å². The molecule has 1 aromatic rings. The van der Waals surface area contributed by atoms with Gasteiger partial charge in [-0.1, -0.05) is 0 Å². The zero-order valence-electron chi connectivity index (χ0n) is 9.67. The number of aryl methyl sites for hydroxylation is 2. The van der Waals surface area contributed by atoms with Crippen molar-refractivity contribution < 1.29 is 9.53 Å². The Labute approximate surface area is 93.7 Å². The molecular formula is C10H16N2O2S. The van der Waals surface area contributed by atoms with Gasteiger partial charge < -0.3 is 4.74 Å². The number of anilines is 1. The minimum Gasteiger partial charge on any atom is -0.444 e. The van der Waals surface area contributed by atoms with E-state index in [-0.39, 0.29) is 0 Å². The van der Waals surface area contributed by atoms with Crippen molar-refractivity contribution in [2.75, 3.05) is 5.32 Å². The Kier molecular flexibility index (Phi) is 3.34. The van der Waals surface area contributed by atoms with E-state index in [1.165, 1.54) is 11.3 Å². The second-order valence-electron chi connectivity index (χ2n) is 4.27. The smallest absolute Gasteiger partial charge is 0.412 e. The second-order valence-corrected chi connectivity index (χ2v) is 5.48. The van der Waals surface area contributed by atoms with Crippen LogP contribution in [0.15, 0.2) is 0 Å². The van der Waals surface area contributed by atoms with E-state index in [1.807, 2.05) is 34.6 Å². The predicted octanol–water partition coefficient (Wildman–Crippen LogP) is 3.11. The number of amides is 1. The molecule has 0 aliphatic heterocycles. The predicted molar refractivity (Wildman–Crippen MR) is 61.4 cm³/mol. The van der Waals surface area contributed by atoms with Crippen LogP contribution in [0.25, 0.3) is 0 Å². The monoisotopic (exact) mass is 228 g/mol. The van der Waals surface area contributed by atoms with Crippen LogP contribution in [-0.2, 0) is 4.74 Å². The first kappa shape index (κ1) is 12.0. The molecule has 0 aliphatic rings. The third-order valence-electron chi connectivity index (χ3n) is 1.52. The standard InChI is InChI=1S/C10H16N2O2S/c1-6-8(15-7(2)11-6)12-9(13)14-10(3,4)5/h1-5H3,(H,12,13). The molecule has 0 fully saturated rings. The van der Waals surface area contributed by atoms with Gasteiger partial charge in [-0.15, -0.1) is 11.3 Å². The number of hydrogen-bond donors (Lipinski definition) is 1. The maximum Gasteiger partial charge on any atom is 0.412 e. The summed E-state index contributed by atoms with van der Waals surface area (Å²) < 4.78 is 5.13. The summed E-state index contributed by atoms with van der Waals surface area (Å²) in [4.78, 5) is 15.6. The highest BCUT2D eigenvalue weighted by molar-refractivity contribution is 7.16. The lowest BCUT2D eigenvalue weighted by Gasteiger charge is -2.19. The third-order valence-corrected chi connectivity index (χ3v) is 2.51. The van der Waals surface area contributed by atoms with Gasteiger partial charge in [0.15, 0.2) is 0 Å². The lowest BCUT2D eigenvalue weighted by molar-refractivity contribution is 0.0636. The van der Waals surface area contributed by atoms with Crippen LogP contribution in [0.5, 0.6) is 0 Å². The molecule has 0 aliphatic carbocycles. The summed E-state index contributed by atoms with van der Waals surface area (Å²) in [7, 11) is 0. The van der Waals surface area contributed by atoms with Crippen LogP contribution in [0, 0.1) is 13.8 Å². The molecule has 1 aromatic heterocycles. The van der Waals surface area contributed by atoms with Gasteiger partial charge in [0.1, 0.15) is 10.6 Å². The molecule has 0 saturated carbocycles. The molecule has 0 saturated heterocycles. The summed E-state index contributed by atoms with van der Waals surface area (Å²) in [5.41, 5.74) is 0.348. The molecule has 1 N–H and O–H groups in total. The molecule has 0 radical (unpaired) electrons. The fraction of sp³-hybridized carbons (Fsp3) is 0.600. The molecular weight excluding hydrogens is 212 g/mol. The molecule has 0 spiro atoms. The molecule has 0 atom stereocenters. The van der Waals surface area contributed by atoms with Gasteiger partial charge in [0, 0.05) is 0 Å². The van der Waals surface area contributed by atoms with Crippen molar-refractivity contribution in [3.8, 4) is 0 Å². The van der Waals surface area contributed by atoms with E-state index < -0.39 is 11.7 Å². The van der Waals surface area contributed by atoms with Crippen molar-refractivity contribution in [2.24, 2.45) is 0 Å². The number of nitrogens with one attached hydrogen (secondary N) is 1. The first-order valence-electron chi connectivity index (χ1n) is 4.72. The van der Waals surface area contributed by atoms with Crippen LogP contribution in [0.1, 0.15) is 31.5 Å². The lowest BCUT2D eigenvalue weighted by atomic mass is 10.2. The van der Waals surface area contributed by atoms with Gasteiger partial charge in [-0.2, -0.15) is 0 Å². The summed E-state index contributed by atoms with van der Waals surface area (Å²) >= 11 is 1.45. The Morgan fingerprint density at radius 1 is 1.40 bits per heavy atom. The SMILES string of the molecule is Cc1nc(C)c(NC(=O)OC(C)(C)C)s1. The zero-order chi connectivity index (χ0) is 11.6. The Hall–Kier alpha value is -1.10. The number of aromatic nitrogens is 1. The second kappa shape index (κ2) is 4.18. The summed E-state index contributed by atoms with van der Waals surface area (Å²) in [5.74, 6) is 0. The summed E-state index contributed by atoms with van der Waals surface area (Å²) in [6.07, 6.45) is -0.436. The minimum absolute atomic E-state index is 0.436. The van der Waals surface area contributed by atoms with Crippen LogP contribution in [0.3, 0.4) is 0 Å². The number of carbonyl (C=O) groups is 1. The van der Waals surface area contributed by atoms with Crippen LogP contribution in [-0.4, -0.2) is 16.7 Å². The Bertz CT molecular complexity index is 366. The van der Waals surface area contributed by atoms with E-state index in [4.69, 9.17) is 4.74 Å². The Balaban J connectivity index is 2.63.